The Kier molecular flexibility index (Phi) is 5.86. The summed E-state index contributed by atoms with van der Waals surface area (Å²) in [5.74, 6) is 0.379. The van der Waals surface area contributed by atoms with Gasteiger partial charge in [0.2, 0.25) is 0 Å². The average molecular weight is 495 g/mol. The topological polar surface area (TPSA) is 91.8 Å². The van der Waals surface area contributed by atoms with Gasteiger partial charge in [-0.05, 0) is 93.9 Å². The van der Waals surface area contributed by atoms with Crippen LogP contribution < -0.4 is 11.1 Å². The Morgan fingerprint density at radius 3 is 2.55 bits per heavy atom. The number of hydrogen-bond donors (Lipinski definition) is 2. The van der Waals surface area contributed by atoms with Crippen molar-refractivity contribution < 1.29 is 4.79 Å². The van der Waals surface area contributed by atoms with E-state index in [-0.39, 0.29) is 5.91 Å². The summed E-state index contributed by atoms with van der Waals surface area (Å²) < 4.78 is 0. The van der Waals surface area contributed by atoms with Crippen molar-refractivity contribution in [3.8, 4) is 17.2 Å². The first-order chi connectivity index (χ1) is 18.5. The number of aryl methyl sites for hydroxylation is 1. The molecule has 0 unspecified atom stereocenters. The van der Waals surface area contributed by atoms with Crippen molar-refractivity contribution in [2.24, 2.45) is 0 Å². The SMILES string of the molecule is Cc1ccc(-c2ccc3c(c2)Cc2cc(C(=O)NCc4cccc5c(N)nccc45)ccc2C3)c(C#N)c1. The molecule has 0 atom stereocenters. The molecule has 1 aliphatic rings. The number of fused-ring (bicyclic) bond motifs is 3. The van der Waals surface area contributed by atoms with E-state index >= 15 is 0 Å². The Labute approximate surface area is 221 Å². The van der Waals surface area contributed by atoms with Gasteiger partial charge in [0.05, 0.1) is 11.6 Å². The van der Waals surface area contributed by atoms with Crippen LogP contribution in [0.25, 0.3) is 21.9 Å². The third-order valence-corrected chi connectivity index (χ3v) is 7.41. The lowest BCUT2D eigenvalue weighted by molar-refractivity contribution is 0.0951. The molecule has 1 aliphatic carbocycles. The lowest BCUT2D eigenvalue weighted by Crippen LogP contribution is -2.23. The Morgan fingerprint density at radius 1 is 0.921 bits per heavy atom. The summed E-state index contributed by atoms with van der Waals surface area (Å²) in [4.78, 5) is 17.3. The fourth-order valence-electron chi connectivity index (χ4n) is 5.37. The number of pyridine rings is 1. The van der Waals surface area contributed by atoms with Gasteiger partial charge in [0.25, 0.3) is 5.91 Å². The molecule has 0 radical (unpaired) electrons. The minimum absolute atomic E-state index is 0.107. The smallest absolute Gasteiger partial charge is 0.251 e. The summed E-state index contributed by atoms with van der Waals surface area (Å²) in [6.45, 7) is 2.40. The Hall–Kier alpha value is -4.95. The molecule has 38 heavy (non-hydrogen) atoms. The van der Waals surface area contributed by atoms with Crippen LogP contribution in [0.4, 0.5) is 5.82 Å². The second-order valence-electron chi connectivity index (χ2n) is 9.87. The number of nitriles is 1. The molecule has 1 aromatic heterocycles. The van der Waals surface area contributed by atoms with Crippen molar-refractivity contribution in [2.45, 2.75) is 26.3 Å². The number of hydrogen-bond acceptors (Lipinski definition) is 4. The van der Waals surface area contributed by atoms with E-state index in [9.17, 15) is 10.1 Å². The fourth-order valence-corrected chi connectivity index (χ4v) is 5.37. The lowest BCUT2D eigenvalue weighted by atomic mass is 9.83. The summed E-state index contributed by atoms with van der Waals surface area (Å²) in [5, 5.41) is 14.6. The van der Waals surface area contributed by atoms with Crippen LogP contribution in [-0.4, -0.2) is 10.9 Å². The van der Waals surface area contributed by atoms with Crippen molar-refractivity contribution in [1.29, 1.82) is 5.26 Å². The second-order valence-corrected chi connectivity index (χ2v) is 9.87. The molecule has 6 rings (SSSR count). The number of anilines is 1. The minimum atomic E-state index is -0.107. The molecule has 0 aliphatic heterocycles. The van der Waals surface area contributed by atoms with Crippen LogP contribution in [0.3, 0.4) is 0 Å². The molecule has 3 N–H and O–H groups in total. The second kappa shape index (κ2) is 9.49. The molecule has 4 aromatic carbocycles. The summed E-state index contributed by atoms with van der Waals surface area (Å²) in [6.07, 6.45) is 3.27. The first-order valence-corrected chi connectivity index (χ1v) is 12.6. The molecule has 1 amide bonds. The van der Waals surface area contributed by atoms with Gasteiger partial charge in [-0.2, -0.15) is 5.26 Å². The lowest BCUT2D eigenvalue weighted by Gasteiger charge is -2.21. The first kappa shape index (κ1) is 23.4. The van der Waals surface area contributed by atoms with Gasteiger partial charge in [-0.1, -0.05) is 54.6 Å². The number of benzene rings is 4. The normalized spacial score (nSPS) is 11.9. The van der Waals surface area contributed by atoms with Gasteiger partial charge < -0.3 is 11.1 Å². The molecule has 0 fully saturated rings. The summed E-state index contributed by atoms with van der Waals surface area (Å²) in [7, 11) is 0. The Balaban J connectivity index is 1.23. The third-order valence-electron chi connectivity index (χ3n) is 7.41. The minimum Gasteiger partial charge on any atom is -0.383 e. The highest BCUT2D eigenvalue weighted by Gasteiger charge is 2.19. The van der Waals surface area contributed by atoms with Gasteiger partial charge in [0, 0.05) is 23.7 Å². The van der Waals surface area contributed by atoms with Gasteiger partial charge in [0.15, 0.2) is 0 Å². The van der Waals surface area contributed by atoms with E-state index in [1.165, 1.54) is 16.7 Å². The zero-order valence-corrected chi connectivity index (χ0v) is 21.1. The molecular formula is C33H26N4O. The van der Waals surface area contributed by atoms with E-state index in [4.69, 9.17) is 5.73 Å². The number of amides is 1. The molecule has 5 nitrogen and oxygen atoms in total. The van der Waals surface area contributed by atoms with Gasteiger partial charge >= 0.3 is 0 Å². The molecule has 0 bridgehead atoms. The molecule has 5 heteroatoms. The Bertz CT molecular complexity index is 1780. The predicted molar refractivity (Wildman–Crippen MR) is 151 cm³/mol. The third kappa shape index (κ3) is 4.27. The van der Waals surface area contributed by atoms with Gasteiger partial charge in [-0.15, -0.1) is 0 Å². The summed E-state index contributed by atoms with van der Waals surface area (Å²) in [6, 6.07) is 28.6. The van der Waals surface area contributed by atoms with Crippen molar-refractivity contribution >= 4 is 22.5 Å². The quantitative estimate of drug-likeness (QED) is 0.310. The zero-order chi connectivity index (χ0) is 26.2. The predicted octanol–water partition coefficient (Wildman–Crippen LogP) is 6.09. The van der Waals surface area contributed by atoms with Crippen LogP contribution in [0, 0.1) is 18.3 Å². The number of carbonyl (C=O) groups is 1. The van der Waals surface area contributed by atoms with E-state index in [0.717, 1.165) is 51.4 Å². The van der Waals surface area contributed by atoms with E-state index < -0.39 is 0 Å². The zero-order valence-electron chi connectivity index (χ0n) is 21.1. The Morgan fingerprint density at radius 2 is 1.71 bits per heavy atom. The van der Waals surface area contributed by atoms with E-state index in [0.29, 0.717) is 23.5 Å². The first-order valence-electron chi connectivity index (χ1n) is 12.6. The maximum absolute atomic E-state index is 13.1. The highest BCUT2D eigenvalue weighted by Crippen LogP contribution is 2.33. The van der Waals surface area contributed by atoms with Crippen molar-refractivity contribution in [2.75, 3.05) is 5.73 Å². The molecule has 0 spiro atoms. The maximum atomic E-state index is 13.1. The van der Waals surface area contributed by atoms with E-state index in [1.54, 1.807) is 6.20 Å². The molecule has 0 saturated heterocycles. The monoisotopic (exact) mass is 494 g/mol. The highest BCUT2D eigenvalue weighted by atomic mass is 16.1. The summed E-state index contributed by atoms with van der Waals surface area (Å²) in [5.41, 5.74) is 16.3. The van der Waals surface area contributed by atoms with Crippen LogP contribution >= 0.6 is 0 Å². The molecule has 5 aromatic rings. The van der Waals surface area contributed by atoms with Crippen molar-refractivity contribution in [1.82, 2.24) is 10.3 Å². The van der Waals surface area contributed by atoms with Gasteiger partial charge in [-0.3, -0.25) is 4.79 Å². The van der Waals surface area contributed by atoms with Crippen molar-refractivity contribution in [3.63, 3.8) is 0 Å². The molecule has 184 valence electrons. The molecule has 1 heterocycles. The number of carbonyl (C=O) groups excluding carboxylic acids is 1. The molecule has 0 saturated carbocycles. The summed E-state index contributed by atoms with van der Waals surface area (Å²) >= 11 is 0. The van der Waals surface area contributed by atoms with Crippen LogP contribution in [0.2, 0.25) is 0 Å². The highest BCUT2D eigenvalue weighted by molar-refractivity contribution is 5.96. The average Bonchev–Trinajstić information content (AvgIpc) is 2.94. The number of rotatable bonds is 4. The van der Waals surface area contributed by atoms with Crippen LogP contribution in [0.15, 0.2) is 85.1 Å². The number of nitrogen functional groups attached to an aromatic ring is 1. The number of nitrogens with zero attached hydrogens (tertiary/aromatic N) is 2. The number of nitrogens with two attached hydrogens (primary N) is 1. The largest absolute Gasteiger partial charge is 0.383 e. The van der Waals surface area contributed by atoms with E-state index in [1.807, 2.05) is 61.5 Å². The van der Waals surface area contributed by atoms with E-state index in [2.05, 4.69) is 40.6 Å². The van der Waals surface area contributed by atoms with Gasteiger partial charge in [-0.25, -0.2) is 4.98 Å². The van der Waals surface area contributed by atoms with Crippen LogP contribution in [0.5, 0.6) is 0 Å². The van der Waals surface area contributed by atoms with Crippen LogP contribution in [-0.2, 0) is 19.4 Å². The standard InChI is InChI=1S/C33H26N4O/c1-20-5-10-29(28(13-20)18-34)23-8-6-21-14-22-7-9-24(16-27(22)17-26(21)15-23)33(38)37-19-25-3-2-4-31-30(25)11-12-36-32(31)35/h2-13,15-16H,14,17,19H2,1H3,(H2,35,36)(H,37,38). The van der Waals surface area contributed by atoms with Crippen LogP contribution in [0.1, 0.15) is 49.3 Å². The van der Waals surface area contributed by atoms with Gasteiger partial charge in [0.1, 0.15) is 5.82 Å². The maximum Gasteiger partial charge on any atom is 0.251 e. The number of nitrogens with one attached hydrogen (secondary N) is 1. The fraction of sp³-hybridized carbons (Fsp3) is 0.121. The van der Waals surface area contributed by atoms with Crippen molar-refractivity contribution in [3.05, 3.63) is 130 Å². The molecular weight excluding hydrogens is 468 g/mol. The number of aromatic nitrogens is 1.